The largest absolute Gasteiger partial charge is 0.230 e. The zero-order valence-corrected chi connectivity index (χ0v) is 10.2. The molecule has 0 aliphatic carbocycles. The van der Waals surface area contributed by atoms with Crippen LogP contribution in [0.15, 0.2) is 45.1 Å². The predicted molar refractivity (Wildman–Crippen MR) is 60.2 cm³/mol. The summed E-state index contributed by atoms with van der Waals surface area (Å²) in [6, 6.07) is 5.10. The first-order valence-corrected chi connectivity index (χ1v) is 5.86. The first-order chi connectivity index (χ1) is 7.65. The molecule has 0 spiro atoms. The second-order valence-corrected chi connectivity index (χ2v) is 4.73. The lowest BCUT2D eigenvalue weighted by molar-refractivity contribution is 0.565. The minimum absolute atomic E-state index is 0.326. The Morgan fingerprint density at radius 1 is 1.12 bits per heavy atom. The lowest BCUT2D eigenvalue weighted by Gasteiger charge is -2.02. The standard InChI is InChI=1S/C10H5BrF2N2S/c11-9-4-10(15-5-14-9)16-8-2-1-6(12)3-7(8)13/h1-5H. The van der Waals surface area contributed by atoms with Crippen LogP contribution < -0.4 is 0 Å². The van der Waals surface area contributed by atoms with Gasteiger partial charge in [-0.15, -0.1) is 0 Å². The molecular weight excluding hydrogens is 298 g/mol. The summed E-state index contributed by atoms with van der Waals surface area (Å²) in [7, 11) is 0. The van der Waals surface area contributed by atoms with Gasteiger partial charge in [-0.2, -0.15) is 0 Å². The Hall–Kier alpha value is -1.01. The highest BCUT2D eigenvalue weighted by Crippen LogP contribution is 2.29. The van der Waals surface area contributed by atoms with Gasteiger partial charge in [0.15, 0.2) is 0 Å². The molecule has 0 bridgehead atoms. The van der Waals surface area contributed by atoms with Crippen molar-refractivity contribution in [3.05, 3.63) is 46.8 Å². The number of rotatable bonds is 2. The van der Waals surface area contributed by atoms with Crippen molar-refractivity contribution in [1.82, 2.24) is 9.97 Å². The number of hydrogen-bond acceptors (Lipinski definition) is 3. The number of hydrogen-bond donors (Lipinski definition) is 0. The van der Waals surface area contributed by atoms with Gasteiger partial charge in [0.2, 0.25) is 0 Å². The fraction of sp³-hybridized carbons (Fsp3) is 0. The van der Waals surface area contributed by atoms with E-state index in [9.17, 15) is 8.78 Å². The normalized spacial score (nSPS) is 10.4. The Kier molecular flexibility index (Phi) is 3.50. The summed E-state index contributed by atoms with van der Waals surface area (Å²) >= 11 is 4.30. The maximum Gasteiger partial charge on any atom is 0.140 e. The van der Waals surface area contributed by atoms with Crippen molar-refractivity contribution < 1.29 is 8.78 Å². The first-order valence-electron chi connectivity index (χ1n) is 4.25. The molecule has 0 saturated heterocycles. The Bertz CT molecular complexity index is 522. The van der Waals surface area contributed by atoms with E-state index < -0.39 is 11.6 Å². The van der Waals surface area contributed by atoms with Crippen LogP contribution in [0, 0.1) is 11.6 Å². The molecule has 16 heavy (non-hydrogen) atoms. The molecule has 82 valence electrons. The van der Waals surface area contributed by atoms with E-state index in [2.05, 4.69) is 25.9 Å². The topological polar surface area (TPSA) is 25.8 Å². The summed E-state index contributed by atoms with van der Waals surface area (Å²) in [6.45, 7) is 0. The molecule has 0 aliphatic heterocycles. The van der Waals surface area contributed by atoms with E-state index in [1.165, 1.54) is 18.5 Å². The van der Waals surface area contributed by atoms with Crippen LogP contribution in [0.5, 0.6) is 0 Å². The van der Waals surface area contributed by atoms with Crippen molar-refractivity contribution in [1.29, 1.82) is 0 Å². The SMILES string of the molecule is Fc1ccc(Sc2cc(Br)ncn2)c(F)c1. The van der Waals surface area contributed by atoms with E-state index in [1.54, 1.807) is 6.07 Å². The molecule has 0 saturated carbocycles. The van der Waals surface area contributed by atoms with Gasteiger partial charge < -0.3 is 0 Å². The number of benzene rings is 1. The molecule has 0 aliphatic rings. The monoisotopic (exact) mass is 302 g/mol. The maximum absolute atomic E-state index is 13.3. The first kappa shape index (κ1) is 11.5. The van der Waals surface area contributed by atoms with Crippen LogP contribution in [0.4, 0.5) is 8.78 Å². The van der Waals surface area contributed by atoms with Gasteiger partial charge in [0.25, 0.3) is 0 Å². The third-order valence-corrected chi connectivity index (χ3v) is 3.13. The molecule has 0 amide bonds. The molecule has 0 unspecified atom stereocenters. The second-order valence-electron chi connectivity index (χ2n) is 2.86. The molecule has 0 fully saturated rings. The van der Waals surface area contributed by atoms with Gasteiger partial charge in [-0.25, -0.2) is 18.7 Å². The van der Waals surface area contributed by atoms with Crippen molar-refractivity contribution in [2.75, 3.05) is 0 Å². The summed E-state index contributed by atoms with van der Waals surface area (Å²) < 4.78 is 26.6. The van der Waals surface area contributed by atoms with Gasteiger partial charge in [-0.05, 0) is 28.1 Å². The van der Waals surface area contributed by atoms with Gasteiger partial charge in [0.05, 0.1) is 0 Å². The molecule has 0 N–H and O–H groups in total. The van der Waals surface area contributed by atoms with Crippen molar-refractivity contribution in [3.63, 3.8) is 0 Å². The van der Waals surface area contributed by atoms with Gasteiger partial charge in [0, 0.05) is 17.0 Å². The third kappa shape index (κ3) is 2.76. The quantitative estimate of drug-likeness (QED) is 0.792. The summed E-state index contributed by atoms with van der Waals surface area (Å²) in [5, 5.41) is 0.590. The summed E-state index contributed by atoms with van der Waals surface area (Å²) in [5.41, 5.74) is 0. The fourth-order valence-corrected chi connectivity index (χ4v) is 2.29. The van der Waals surface area contributed by atoms with E-state index in [0.29, 0.717) is 14.5 Å². The number of halogens is 3. The Labute approximate surface area is 103 Å². The van der Waals surface area contributed by atoms with Crippen molar-refractivity contribution in [2.45, 2.75) is 9.92 Å². The van der Waals surface area contributed by atoms with Crippen LogP contribution in [0.1, 0.15) is 0 Å². The lowest BCUT2D eigenvalue weighted by Crippen LogP contribution is -1.86. The average molecular weight is 303 g/mol. The van der Waals surface area contributed by atoms with Crippen molar-refractivity contribution in [3.8, 4) is 0 Å². The second kappa shape index (κ2) is 4.88. The van der Waals surface area contributed by atoms with E-state index >= 15 is 0 Å². The summed E-state index contributed by atoms with van der Waals surface area (Å²) in [4.78, 5) is 8.14. The predicted octanol–water partition coefficient (Wildman–Crippen LogP) is 3.67. The lowest BCUT2D eigenvalue weighted by atomic mass is 10.3. The number of aromatic nitrogens is 2. The Morgan fingerprint density at radius 2 is 1.94 bits per heavy atom. The van der Waals surface area contributed by atoms with Crippen LogP contribution >= 0.6 is 27.7 Å². The van der Waals surface area contributed by atoms with Gasteiger partial charge in [-0.3, -0.25) is 0 Å². The molecule has 6 heteroatoms. The molecule has 1 aromatic heterocycles. The zero-order valence-electron chi connectivity index (χ0n) is 7.82. The zero-order chi connectivity index (χ0) is 11.5. The fourth-order valence-electron chi connectivity index (χ4n) is 1.04. The Balaban J connectivity index is 2.27. The highest BCUT2D eigenvalue weighted by Gasteiger charge is 2.06. The van der Waals surface area contributed by atoms with Crippen LogP contribution in [0.3, 0.4) is 0 Å². The highest BCUT2D eigenvalue weighted by atomic mass is 79.9. The maximum atomic E-state index is 13.3. The van der Waals surface area contributed by atoms with Crippen LogP contribution in [-0.4, -0.2) is 9.97 Å². The highest BCUT2D eigenvalue weighted by molar-refractivity contribution is 9.10. The third-order valence-electron chi connectivity index (χ3n) is 1.72. The smallest absolute Gasteiger partial charge is 0.140 e. The van der Waals surface area contributed by atoms with Crippen molar-refractivity contribution in [2.24, 2.45) is 0 Å². The average Bonchev–Trinajstić information content (AvgIpc) is 2.22. The molecule has 2 rings (SSSR count). The van der Waals surface area contributed by atoms with E-state index in [1.807, 2.05) is 0 Å². The molecular formula is C10H5BrF2N2S. The van der Waals surface area contributed by atoms with E-state index in [4.69, 9.17) is 0 Å². The van der Waals surface area contributed by atoms with Gasteiger partial charge in [0.1, 0.15) is 27.6 Å². The van der Waals surface area contributed by atoms with Crippen molar-refractivity contribution >= 4 is 27.7 Å². The minimum Gasteiger partial charge on any atom is -0.230 e. The van der Waals surface area contributed by atoms with Crippen LogP contribution in [-0.2, 0) is 0 Å². The Morgan fingerprint density at radius 3 is 2.62 bits per heavy atom. The summed E-state index contributed by atoms with van der Waals surface area (Å²) in [5.74, 6) is -1.19. The molecule has 0 atom stereocenters. The number of nitrogens with zero attached hydrogens (tertiary/aromatic N) is 2. The molecule has 0 radical (unpaired) electrons. The molecule has 1 heterocycles. The van der Waals surface area contributed by atoms with Crippen LogP contribution in [0.25, 0.3) is 0 Å². The van der Waals surface area contributed by atoms with E-state index in [0.717, 1.165) is 17.8 Å². The molecule has 2 aromatic rings. The molecule has 1 aromatic carbocycles. The summed E-state index contributed by atoms with van der Waals surface area (Å²) in [6.07, 6.45) is 1.37. The van der Waals surface area contributed by atoms with Gasteiger partial charge >= 0.3 is 0 Å². The molecule has 2 nitrogen and oxygen atoms in total. The van der Waals surface area contributed by atoms with Gasteiger partial charge in [-0.1, -0.05) is 11.8 Å². The minimum atomic E-state index is -0.597. The van der Waals surface area contributed by atoms with E-state index in [-0.39, 0.29) is 0 Å². The van der Waals surface area contributed by atoms with Crippen LogP contribution in [0.2, 0.25) is 0 Å².